The maximum atomic E-state index is 11.7. The first-order valence-corrected chi connectivity index (χ1v) is 6.04. The molecule has 1 heterocycles. The minimum Gasteiger partial charge on any atom is -0.481 e. The summed E-state index contributed by atoms with van der Waals surface area (Å²) in [5.74, 6) is -1.14. The van der Waals surface area contributed by atoms with E-state index in [1.54, 1.807) is 5.38 Å². The molecule has 94 valence electrons. The molecule has 1 unspecified atom stereocenters. The number of aryl methyl sites for hydroxylation is 1. The van der Waals surface area contributed by atoms with Crippen molar-refractivity contribution in [2.75, 3.05) is 13.7 Å². The van der Waals surface area contributed by atoms with Crippen molar-refractivity contribution in [1.82, 2.24) is 5.32 Å². The first-order chi connectivity index (χ1) is 8.04. The van der Waals surface area contributed by atoms with Crippen LogP contribution in [0.3, 0.4) is 0 Å². The molecule has 2 N–H and O–H groups in total. The number of carboxylic acid groups (broad SMARTS) is 1. The number of rotatable bonds is 6. The third-order valence-corrected chi connectivity index (χ3v) is 3.19. The van der Waals surface area contributed by atoms with Gasteiger partial charge in [-0.05, 0) is 17.9 Å². The average Bonchev–Trinajstić information content (AvgIpc) is 2.69. The second-order valence-electron chi connectivity index (χ2n) is 3.63. The fraction of sp³-hybridized carbons (Fsp3) is 0.455. The fourth-order valence-electron chi connectivity index (χ4n) is 1.33. The third kappa shape index (κ3) is 4.16. The maximum Gasteiger partial charge on any atom is 0.306 e. The summed E-state index contributed by atoms with van der Waals surface area (Å²) >= 11 is 1.46. The highest BCUT2D eigenvalue weighted by molar-refractivity contribution is 7.08. The predicted octanol–water partition coefficient (Wildman–Crippen LogP) is 1.28. The van der Waals surface area contributed by atoms with Crippen LogP contribution in [0.2, 0.25) is 0 Å². The second-order valence-corrected chi connectivity index (χ2v) is 4.38. The molecular weight excluding hydrogens is 242 g/mol. The van der Waals surface area contributed by atoms with Crippen LogP contribution < -0.4 is 5.32 Å². The molecule has 0 aliphatic heterocycles. The van der Waals surface area contributed by atoms with Gasteiger partial charge in [-0.1, -0.05) is 0 Å². The van der Waals surface area contributed by atoms with Gasteiger partial charge < -0.3 is 15.2 Å². The number of amides is 1. The number of hydrogen-bond acceptors (Lipinski definition) is 4. The highest BCUT2D eigenvalue weighted by atomic mass is 32.1. The molecule has 1 aromatic rings. The third-order valence-electron chi connectivity index (χ3n) is 2.33. The lowest BCUT2D eigenvalue weighted by atomic mass is 10.2. The summed E-state index contributed by atoms with van der Waals surface area (Å²) in [7, 11) is 1.43. The standard InChI is InChI=1S/C11H15NO4S/c1-7-5-17-6-9(7)11(15)12-4-8(16-2)3-10(13)14/h5-6,8H,3-4H2,1-2H3,(H,12,15)(H,13,14). The molecule has 0 bridgehead atoms. The van der Waals surface area contributed by atoms with Crippen LogP contribution in [0.25, 0.3) is 0 Å². The minimum atomic E-state index is -0.946. The Labute approximate surface area is 103 Å². The van der Waals surface area contributed by atoms with Gasteiger partial charge in [0.2, 0.25) is 0 Å². The van der Waals surface area contributed by atoms with E-state index in [1.807, 2.05) is 12.3 Å². The number of hydrogen-bond donors (Lipinski definition) is 2. The zero-order chi connectivity index (χ0) is 12.8. The van der Waals surface area contributed by atoms with Crippen molar-refractivity contribution < 1.29 is 19.4 Å². The van der Waals surface area contributed by atoms with Crippen molar-refractivity contribution in [1.29, 1.82) is 0 Å². The molecule has 0 spiro atoms. The first kappa shape index (κ1) is 13.7. The van der Waals surface area contributed by atoms with E-state index in [2.05, 4.69) is 5.32 Å². The molecule has 5 nitrogen and oxygen atoms in total. The van der Waals surface area contributed by atoms with Gasteiger partial charge in [0, 0.05) is 19.0 Å². The van der Waals surface area contributed by atoms with Gasteiger partial charge in [0.05, 0.1) is 18.1 Å². The summed E-state index contributed by atoms with van der Waals surface area (Å²) in [6.07, 6.45) is -0.630. The van der Waals surface area contributed by atoms with Crippen LogP contribution in [0.4, 0.5) is 0 Å². The molecule has 1 rings (SSSR count). The lowest BCUT2D eigenvalue weighted by Crippen LogP contribution is -2.34. The minimum absolute atomic E-state index is 0.126. The van der Waals surface area contributed by atoms with Crippen LogP contribution in [0.5, 0.6) is 0 Å². The van der Waals surface area contributed by atoms with Crippen LogP contribution >= 0.6 is 11.3 Å². The highest BCUT2D eigenvalue weighted by Gasteiger charge is 2.15. The number of ether oxygens (including phenoxy) is 1. The van der Waals surface area contributed by atoms with Crippen LogP contribution in [0.15, 0.2) is 10.8 Å². The van der Waals surface area contributed by atoms with Gasteiger partial charge in [-0.15, -0.1) is 0 Å². The Bertz CT molecular complexity index is 402. The zero-order valence-electron chi connectivity index (χ0n) is 9.73. The molecule has 0 saturated carbocycles. The summed E-state index contributed by atoms with van der Waals surface area (Å²) < 4.78 is 4.97. The van der Waals surface area contributed by atoms with E-state index < -0.39 is 12.1 Å². The van der Waals surface area contributed by atoms with Gasteiger partial charge in [-0.25, -0.2) is 0 Å². The largest absolute Gasteiger partial charge is 0.481 e. The smallest absolute Gasteiger partial charge is 0.306 e. The van der Waals surface area contributed by atoms with Crippen LogP contribution in [0, 0.1) is 6.92 Å². The number of carboxylic acids is 1. The van der Waals surface area contributed by atoms with E-state index >= 15 is 0 Å². The lowest BCUT2D eigenvalue weighted by Gasteiger charge is -2.13. The van der Waals surface area contributed by atoms with Crippen molar-refractivity contribution in [2.45, 2.75) is 19.4 Å². The van der Waals surface area contributed by atoms with Crippen molar-refractivity contribution in [3.05, 3.63) is 21.9 Å². The predicted molar refractivity (Wildman–Crippen MR) is 64.4 cm³/mol. The summed E-state index contributed by atoms with van der Waals surface area (Å²) in [4.78, 5) is 22.2. The summed E-state index contributed by atoms with van der Waals surface area (Å²) in [6, 6.07) is 0. The highest BCUT2D eigenvalue weighted by Crippen LogP contribution is 2.13. The Morgan fingerprint density at radius 2 is 2.24 bits per heavy atom. The molecule has 0 saturated heterocycles. The zero-order valence-corrected chi connectivity index (χ0v) is 10.5. The summed E-state index contributed by atoms with van der Waals surface area (Å²) in [6.45, 7) is 2.05. The topological polar surface area (TPSA) is 75.6 Å². The molecule has 0 fully saturated rings. The molecule has 1 amide bonds. The molecule has 17 heavy (non-hydrogen) atoms. The van der Waals surface area contributed by atoms with Gasteiger partial charge in [-0.2, -0.15) is 11.3 Å². The van der Waals surface area contributed by atoms with Gasteiger partial charge in [0.25, 0.3) is 5.91 Å². The Morgan fingerprint density at radius 3 is 2.71 bits per heavy atom. The Morgan fingerprint density at radius 1 is 1.53 bits per heavy atom. The average molecular weight is 257 g/mol. The van der Waals surface area contributed by atoms with Crippen molar-refractivity contribution in [3.8, 4) is 0 Å². The fourth-order valence-corrected chi connectivity index (χ4v) is 2.16. The normalized spacial score (nSPS) is 12.1. The number of methoxy groups -OCH3 is 1. The van der Waals surface area contributed by atoms with Gasteiger partial charge in [-0.3, -0.25) is 9.59 Å². The van der Waals surface area contributed by atoms with E-state index in [0.717, 1.165) is 5.56 Å². The number of carbonyl (C=O) groups excluding carboxylic acids is 1. The molecule has 0 aliphatic carbocycles. The Hall–Kier alpha value is -1.40. The van der Waals surface area contributed by atoms with E-state index in [-0.39, 0.29) is 18.9 Å². The van der Waals surface area contributed by atoms with Crippen LogP contribution in [0.1, 0.15) is 22.3 Å². The van der Waals surface area contributed by atoms with Gasteiger partial charge in [0.1, 0.15) is 0 Å². The van der Waals surface area contributed by atoms with Crippen molar-refractivity contribution >= 4 is 23.2 Å². The first-order valence-electron chi connectivity index (χ1n) is 5.10. The molecular formula is C11H15NO4S. The second kappa shape index (κ2) is 6.36. The van der Waals surface area contributed by atoms with Gasteiger partial charge >= 0.3 is 5.97 Å². The SMILES string of the molecule is COC(CNC(=O)c1cscc1C)CC(=O)O. The van der Waals surface area contributed by atoms with E-state index in [4.69, 9.17) is 9.84 Å². The Kier molecular flexibility index (Phi) is 5.11. The van der Waals surface area contributed by atoms with E-state index in [1.165, 1.54) is 18.4 Å². The van der Waals surface area contributed by atoms with E-state index in [9.17, 15) is 9.59 Å². The van der Waals surface area contributed by atoms with Crippen LogP contribution in [-0.2, 0) is 9.53 Å². The number of thiophene rings is 1. The molecule has 0 radical (unpaired) electrons. The molecule has 1 aromatic heterocycles. The van der Waals surface area contributed by atoms with Gasteiger partial charge in [0.15, 0.2) is 0 Å². The van der Waals surface area contributed by atoms with Crippen molar-refractivity contribution in [2.24, 2.45) is 0 Å². The summed E-state index contributed by atoms with van der Waals surface area (Å²) in [5.41, 5.74) is 1.54. The molecule has 0 aliphatic rings. The number of aliphatic carboxylic acids is 1. The van der Waals surface area contributed by atoms with E-state index in [0.29, 0.717) is 5.56 Å². The number of nitrogens with one attached hydrogen (secondary N) is 1. The molecule has 0 aromatic carbocycles. The van der Waals surface area contributed by atoms with Crippen molar-refractivity contribution in [3.63, 3.8) is 0 Å². The lowest BCUT2D eigenvalue weighted by molar-refractivity contribution is -0.139. The summed E-state index contributed by atoms with van der Waals surface area (Å²) in [5, 5.41) is 14.9. The number of carbonyl (C=O) groups is 2. The monoisotopic (exact) mass is 257 g/mol. The quantitative estimate of drug-likeness (QED) is 0.805. The molecule has 1 atom stereocenters. The maximum absolute atomic E-state index is 11.7. The molecule has 6 heteroatoms. The van der Waals surface area contributed by atoms with Crippen LogP contribution in [-0.4, -0.2) is 36.7 Å². The Balaban J connectivity index is 2.47.